The number of terminal acetylenes is 1. The summed E-state index contributed by atoms with van der Waals surface area (Å²) in [6, 6.07) is 42.7. The molecule has 0 amide bonds. The Bertz CT molecular complexity index is 1660. The quantitative estimate of drug-likeness (QED) is 0.255. The molecule has 0 saturated carbocycles. The van der Waals surface area contributed by atoms with Crippen LogP contribution in [0.4, 0.5) is 0 Å². The van der Waals surface area contributed by atoms with Gasteiger partial charge in [0.2, 0.25) is 0 Å². The van der Waals surface area contributed by atoms with Gasteiger partial charge in [0, 0.05) is 21.9 Å². The minimum Gasteiger partial charge on any atom is -0.309 e. The number of para-hydroxylation sites is 1. The maximum absolute atomic E-state index is 5.90. The van der Waals surface area contributed by atoms with E-state index in [-0.39, 0.29) is 0 Å². The van der Waals surface area contributed by atoms with Crippen LogP contribution in [0.2, 0.25) is 0 Å². The van der Waals surface area contributed by atoms with Gasteiger partial charge in [-0.2, -0.15) is 0 Å². The summed E-state index contributed by atoms with van der Waals surface area (Å²) in [6.45, 7) is 0. The smallest absolute Gasteiger partial charge is 0.0553 e. The van der Waals surface area contributed by atoms with Gasteiger partial charge in [0.15, 0.2) is 0 Å². The molecule has 0 fully saturated rings. The van der Waals surface area contributed by atoms with Crippen molar-refractivity contribution >= 4 is 21.7 Å². The molecule has 0 spiro atoms. The summed E-state index contributed by atoms with van der Waals surface area (Å²) in [6.07, 6.45) is 5.90. The largest absolute Gasteiger partial charge is 0.309 e. The predicted octanol–water partition coefficient (Wildman–Crippen LogP) is 8.10. The van der Waals surface area contributed by atoms with Gasteiger partial charge in [0.05, 0.1) is 16.9 Å². The molecule has 6 aromatic rings. The molecule has 0 N–H and O–H groups in total. The first-order valence-electron chi connectivity index (χ1n) is 11.1. The zero-order valence-corrected chi connectivity index (χ0v) is 18.1. The van der Waals surface area contributed by atoms with Gasteiger partial charge in [0.25, 0.3) is 0 Å². The fourth-order valence-electron chi connectivity index (χ4n) is 4.72. The van der Waals surface area contributed by atoms with E-state index < -0.39 is 0 Å². The van der Waals surface area contributed by atoms with Crippen molar-refractivity contribution in [3.05, 3.63) is 127 Å². The Morgan fingerprint density at radius 3 is 2.12 bits per heavy atom. The van der Waals surface area contributed by atoms with Gasteiger partial charge in [-0.15, -0.1) is 6.42 Å². The molecule has 0 radical (unpaired) electrons. The van der Waals surface area contributed by atoms with Gasteiger partial charge < -0.3 is 4.57 Å². The van der Waals surface area contributed by atoms with Crippen LogP contribution >= 0.6 is 0 Å². The van der Waals surface area contributed by atoms with Gasteiger partial charge in [-0.25, -0.2) is 0 Å². The van der Waals surface area contributed by atoms with Gasteiger partial charge >= 0.3 is 0 Å². The Kier molecular flexibility index (Phi) is 4.57. The standard InChI is InChI=1S/C32H21N/c1-2-23-12-6-9-17-28(23)31-21-26-16-8-11-19-30(26)33(31)32-22-27(24-13-4-3-5-14-24)20-25-15-7-10-18-29(25)32/h1,3-22H. The molecule has 1 heterocycles. The van der Waals surface area contributed by atoms with Crippen molar-refractivity contribution < 1.29 is 0 Å². The van der Waals surface area contributed by atoms with Crippen molar-refractivity contribution in [3.63, 3.8) is 0 Å². The Morgan fingerprint density at radius 2 is 1.27 bits per heavy atom. The summed E-state index contributed by atoms with van der Waals surface area (Å²) in [7, 11) is 0. The zero-order chi connectivity index (χ0) is 22.2. The third-order valence-corrected chi connectivity index (χ3v) is 6.26. The van der Waals surface area contributed by atoms with E-state index >= 15 is 0 Å². The van der Waals surface area contributed by atoms with Crippen LogP contribution in [0.5, 0.6) is 0 Å². The second kappa shape index (κ2) is 7.86. The van der Waals surface area contributed by atoms with E-state index in [1.165, 1.54) is 27.3 Å². The molecule has 6 rings (SSSR count). The summed E-state index contributed by atoms with van der Waals surface area (Å²) < 4.78 is 2.36. The van der Waals surface area contributed by atoms with Crippen LogP contribution in [0.1, 0.15) is 5.56 Å². The van der Waals surface area contributed by atoms with Crippen molar-refractivity contribution in [3.8, 4) is 40.4 Å². The molecule has 1 nitrogen and oxygen atoms in total. The Balaban J connectivity index is 1.75. The highest BCUT2D eigenvalue weighted by molar-refractivity contribution is 5.99. The first-order valence-corrected chi connectivity index (χ1v) is 11.1. The zero-order valence-electron chi connectivity index (χ0n) is 18.1. The van der Waals surface area contributed by atoms with Crippen LogP contribution in [-0.4, -0.2) is 4.57 Å². The van der Waals surface area contributed by atoms with Crippen LogP contribution in [0.3, 0.4) is 0 Å². The van der Waals surface area contributed by atoms with Crippen LogP contribution in [-0.2, 0) is 0 Å². The maximum atomic E-state index is 5.90. The molecule has 33 heavy (non-hydrogen) atoms. The van der Waals surface area contributed by atoms with Crippen LogP contribution < -0.4 is 0 Å². The summed E-state index contributed by atoms with van der Waals surface area (Å²) in [5, 5.41) is 3.61. The lowest BCUT2D eigenvalue weighted by Crippen LogP contribution is -2.00. The number of benzene rings is 5. The molecule has 5 aromatic carbocycles. The molecule has 0 atom stereocenters. The van der Waals surface area contributed by atoms with Gasteiger partial charge in [-0.3, -0.25) is 0 Å². The first kappa shape index (κ1) is 19.2. The molecule has 154 valence electrons. The first-order chi connectivity index (χ1) is 16.3. The molecular weight excluding hydrogens is 398 g/mol. The van der Waals surface area contributed by atoms with Gasteiger partial charge in [-0.1, -0.05) is 96.9 Å². The Labute approximate surface area is 193 Å². The van der Waals surface area contributed by atoms with Crippen molar-refractivity contribution in [1.82, 2.24) is 4.57 Å². The SMILES string of the molecule is C#Cc1ccccc1-c1cc2ccccc2n1-c1cc(-c2ccccc2)cc2ccccc12. The highest BCUT2D eigenvalue weighted by atomic mass is 15.0. The molecule has 0 aliphatic rings. The average Bonchev–Trinajstić information content (AvgIpc) is 3.28. The van der Waals surface area contributed by atoms with Crippen LogP contribution in [0, 0.1) is 12.3 Å². The Hall–Kier alpha value is -4.54. The summed E-state index contributed by atoms with van der Waals surface area (Å²) in [4.78, 5) is 0. The Morgan fingerprint density at radius 1 is 0.576 bits per heavy atom. The lowest BCUT2D eigenvalue weighted by atomic mass is 9.99. The number of rotatable bonds is 3. The molecule has 0 aliphatic carbocycles. The van der Waals surface area contributed by atoms with E-state index in [2.05, 4.69) is 120 Å². The number of aromatic nitrogens is 1. The number of hydrogen-bond donors (Lipinski definition) is 0. The second-order valence-corrected chi connectivity index (χ2v) is 8.20. The lowest BCUT2D eigenvalue weighted by Gasteiger charge is -2.17. The predicted molar refractivity (Wildman–Crippen MR) is 140 cm³/mol. The fourth-order valence-corrected chi connectivity index (χ4v) is 4.72. The van der Waals surface area contributed by atoms with E-state index in [0.717, 1.165) is 28.0 Å². The monoisotopic (exact) mass is 419 g/mol. The third kappa shape index (κ3) is 3.21. The molecule has 1 heteroatoms. The van der Waals surface area contributed by atoms with E-state index in [0.29, 0.717) is 0 Å². The average molecular weight is 420 g/mol. The highest BCUT2D eigenvalue weighted by Crippen LogP contribution is 2.37. The lowest BCUT2D eigenvalue weighted by molar-refractivity contribution is 1.15. The van der Waals surface area contributed by atoms with Crippen LogP contribution in [0.25, 0.3) is 49.7 Å². The minimum absolute atomic E-state index is 0.894. The number of fused-ring (bicyclic) bond motifs is 2. The van der Waals surface area contributed by atoms with E-state index in [1.54, 1.807) is 0 Å². The summed E-state index contributed by atoms with van der Waals surface area (Å²) in [5.41, 5.74) is 7.75. The molecule has 0 bridgehead atoms. The minimum atomic E-state index is 0.894. The third-order valence-electron chi connectivity index (χ3n) is 6.26. The van der Waals surface area contributed by atoms with Gasteiger partial charge in [0.1, 0.15) is 0 Å². The van der Waals surface area contributed by atoms with Gasteiger partial charge in [-0.05, 0) is 46.8 Å². The normalized spacial score (nSPS) is 11.0. The highest BCUT2D eigenvalue weighted by Gasteiger charge is 2.17. The topological polar surface area (TPSA) is 4.93 Å². The van der Waals surface area contributed by atoms with Crippen molar-refractivity contribution in [2.75, 3.05) is 0 Å². The molecule has 0 saturated heterocycles. The molecule has 0 unspecified atom stereocenters. The molecule has 0 aliphatic heterocycles. The maximum Gasteiger partial charge on any atom is 0.0553 e. The van der Waals surface area contributed by atoms with Crippen LogP contribution in [0.15, 0.2) is 121 Å². The summed E-state index contributed by atoms with van der Waals surface area (Å²) >= 11 is 0. The molecular formula is C32H21N. The van der Waals surface area contributed by atoms with E-state index in [9.17, 15) is 0 Å². The van der Waals surface area contributed by atoms with E-state index in [4.69, 9.17) is 6.42 Å². The fraction of sp³-hybridized carbons (Fsp3) is 0. The molecule has 1 aromatic heterocycles. The van der Waals surface area contributed by atoms with Crippen molar-refractivity contribution in [1.29, 1.82) is 0 Å². The van der Waals surface area contributed by atoms with Crippen molar-refractivity contribution in [2.45, 2.75) is 0 Å². The van der Waals surface area contributed by atoms with Crippen molar-refractivity contribution in [2.24, 2.45) is 0 Å². The number of nitrogens with zero attached hydrogens (tertiary/aromatic N) is 1. The number of hydrogen-bond acceptors (Lipinski definition) is 0. The summed E-state index contributed by atoms with van der Waals surface area (Å²) in [5.74, 6) is 2.88. The van der Waals surface area contributed by atoms with E-state index in [1.807, 2.05) is 12.1 Å². The second-order valence-electron chi connectivity index (χ2n) is 8.20.